The number of ether oxygens (including phenoxy) is 1. The number of benzene rings is 1. The topological polar surface area (TPSA) is 86.3 Å². The van der Waals surface area contributed by atoms with Crippen molar-refractivity contribution in [2.45, 2.75) is 57.1 Å². The molecular weight excluding hydrogens is 542 g/mol. The maximum Gasteiger partial charge on any atom is 0.434 e. The number of nitrogens with zero attached hydrogens (tertiary/aromatic N) is 5. The minimum atomic E-state index is -5.36. The number of hydrogen-bond acceptors (Lipinski definition) is 7. The molecule has 2 atom stereocenters. The number of rotatable bonds is 6. The number of aromatic nitrogens is 4. The van der Waals surface area contributed by atoms with Gasteiger partial charge in [-0.1, -0.05) is 6.07 Å². The number of morpholine rings is 1. The lowest BCUT2D eigenvalue weighted by molar-refractivity contribution is -0.222. The minimum absolute atomic E-state index is 0.0414. The molecule has 0 spiro atoms. The molecule has 1 aliphatic carbocycles. The average molecular weight is 572 g/mol. The van der Waals surface area contributed by atoms with Crippen LogP contribution in [0.1, 0.15) is 53.9 Å². The molecule has 0 N–H and O–H groups in total. The van der Waals surface area contributed by atoms with Crippen molar-refractivity contribution in [1.82, 2.24) is 24.6 Å². The van der Waals surface area contributed by atoms with Crippen LogP contribution in [0.15, 0.2) is 46.1 Å². The molecule has 1 aliphatic heterocycles. The molecule has 4 aromatic rings. The Morgan fingerprint density at radius 1 is 1.12 bits per heavy atom. The van der Waals surface area contributed by atoms with Crippen LogP contribution in [0.4, 0.5) is 17.6 Å². The molecular formula is C29H29F4N5O3. The van der Waals surface area contributed by atoms with Gasteiger partial charge in [0.25, 0.3) is 5.67 Å². The fourth-order valence-electron chi connectivity index (χ4n) is 5.54. The number of pyridine rings is 1. The normalized spacial score (nSPS) is 19.9. The van der Waals surface area contributed by atoms with Crippen molar-refractivity contribution < 1.29 is 26.7 Å². The molecule has 0 radical (unpaired) electrons. The van der Waals surface area contributed by atoms with Gasteiger partial charge in [0.05, 0.1) is 29.4 Å². The molecule has 8 nitrogen and oxygen atoms in total. The molecule has 1 saturated heterocycles. The monoisotopic (exact) mass is 571 g/mol. The average Bonchev–Trinajstić information content (AvgIpc) is 3.68. The van der Waals surface area contributed by atoms with E-state index >= 15 is 4.39 Å². The second-order valence-corrected chi connectivity index (χ2v) is 11.0. The van der Waals surface area contributed by atoms with Crippen molar-refractivity contribution >= 4 is 11.0 Å². The first kappa shape index (κ1) is 27.5. The van der Waals surface area contributed by atoms with Crippen LogP contribution >= 0.6 is 0 Å². The van der Waals surface area contributed by atoms with Gasteiger partial charge in [-0.15, -0.1) is 10.2 Å². The third-order valence-electron chi connectivity index (χ3n) is 7.77. The molecule has 2 fully saturated rings. The van der Waals surface area contributed by atoms with Crippen LogP contribution in [-0.2, 0) is 24.0 Å². The van der Waals surface area contributed by atoms with Crippen LogP contribution in [-0.4, -0.2) is 56.6 Å². The van der Waals surface area contributed by atoms with E-state index in [4.69, 9.17) is 9.15 Å². The van der Waals surface area contributed by atoms with Gasteiger partial charge in [0.1, 0.15) is 18.2 Å². The molecule has 216 valence electrons. The highest BCUT2D eigenvalue weighted by Gasteiger charge is 2.62. The van der Waals surface area contributed by atoms with Gasteiger partial charge in [-0.2, -0.15) is 13.2 Å². The van der Waals surface area contributed by atoms with Crippen molar-refractivity contribution in [3.63, 3.8) is 0 Å². The second kappa shape index (κ2) is 10.0. The Bertz CT molecular complexity index is 1680. The maximum atomic E-state index is 16.3. The van der Waals surface area contributed by atoms with E-state index < -0.39 is 28.7 Å². The summed E-state index contributed by atoms with van der Waals surface area (Å²) in [4.78, 5) is 20.6. The fraction of sp³-hybridized carbons (Fsp3) is 0.448. The molecule has 0 unspecified atom stereocenters. The van der Waals surface area contributed by atoms with E-state index in [1.165, 1.54) is 13.3 Å². The van der Waals surface area contributed by atoms with Crippen molar-refractivity contribution in [3.05, 3.63) is 75.3 Å². The van der Waals surface area contributed by atoms with Crippen LogP contribution in [0.25, 0.3) is 22.2 Å². The van der Waals surface area contributed by atoms with Crippen molar-refractivity contribution in [2.24, 2.45) is 7.05 Å². The molecule has 1 saturated carbocycles. The Kier molecular flexibility index (Phi) is 6.73. The molecule has 12 heteroatoms. The van der Waals surface area contributed by atoms with Crippen molar-refractivity contribution in [1.29, 1.82) is 0 Å². The van der Waals surface area contributed by atoms with Crippen molar-refractivity contribution in [2.75, 3.05) is 19.7 Å². The Labute approximate surface area is 233 Å². The zero-order chi connectivity index (χ0) is 29.1. The number of alkyl halides is 4. The van der Waals surface area contributed by atoms with E-state index in [-0.39, 0.29) is 34.4 Å². The SMILES string of the molecule is Cc1cc(CN2CCO[C@H](C)C2)cc2c(=O)c(-c3cc([C@@](F)(c4nncn4C)C(F)(F)F)cc(C4CC4)n3)coc12. The summed E-state index contributed by atoms with van der Waals surface area (Å²) >= 11 is 0. The number of hydrogen-bond donors (Lipinski definition) is 0. The minimum Gasteiger partial charge on any atom is -0.463 e. The van der Waals surface area contributed by atoms with Gasteiger partial charge < -0.3 is 13.7 Å². The standard InChI is InChI=1S/C29H29F4N5O3/c1-16-8-18(13-38-6-7-40-17(2)12-38)9-21-25(39)22(14-41-26(16)21)24-11-20(10-23(35-24)19-4-5-19)28(30,29(31,32)33)27-36-34-15-37(27)3/h8-11,14-15,17,19H,4-7,12-13H2,1-3H3/t17-,28-/m1/s1. The summed E-state index contributed by atoms with van der Waals surface area (Å²) < 4.78 is 72.0. The van der Waals surface area contributed by atoms with Gasteiger partial charge in [0.2, 0.25) is 5.43 Å². The Morgan fingerprint density at radius 3 is 2.56 bits per heavy atom. The predicted octanol–water partition coefficient (Wildman–Crippen LogP) is 5.17. The third kappa shape index (κ3) is 4.93. The van der Waals surface area contributed by atoms with Gasteiger partial charge >= 0.3 is 6.18 Å². The summed E-state index contributed by atoms with van der Waals surface area (Å²) in [5.41, 5.74) is -2.94. The first-order valence-corrected chi connectivity index (χ1v) is 13.5. The van der Waals surface area contributed by atoms with Gasteiger partial charge in [-0.3, -0.25) is 14.7 Å². The number of aryl methyl sites for hydroxylation is 2. The predicted molar refractivity (Wildman–Crippen MR) is 142 cm³/mol. The first-order valence-electron chi connectivity index (χ1n) is 13.5. The highest BCUT2D eigenvalue weighted by molar-refractivity contribution is 5.84. The van der Waals surface area contributed by atoms with Crippen LogP contribution < -0.4 is 5.43 Å². The van der Waals surface area contributed by atoms with Gasteiger partial charge in [0, 0.05) is 43.9 Å². The van der Waals surface area contributed by atoms with E-state index in [1.807, 2.05) is 19.9 Å². The lowest BCUT2D eigenvalue weighted by atomic mass is 9.91. The van der Waals surface area contributed by atoms with Crippen LogP contribution in [0.3, 0.4) is 0 Å². The molecule has 3 aromatic heterocycles. The zero-order valence-corrected chi connectivity index (χ0v) is 22.8. The van der Waals surface area contributed by atoms with Crippen molar-refractivity contribution in [3.8, 4) is 11.3 Å². The summed E-state index contributed by atoms with van der Waals surface area (Å²) in [5.74, 6) is -1.03. The highest BCUT2D eigenvalue weighted by atomic mass is 19.4. The quantitative estimate of drug-likeness (QED) is 0.296. The van der Waals surface area contributed by atoms with E-state index in [1.54, 1.807) is 6.07 Å². The van der Waals surface area contributed by atoms with E-state index in [0.717, 1.165) is 47.2 Å². The Morgan fingerprint density at radius 2 is 1.90 bits per heavy atom. The summed E-state index contributed by atoms with van der Waals surface area (Å²) in [5, 5.41) is 7.22. The number of fused-ring (bicyclic) bond motifs is 1. The largest absolute Gasteiger partial charge is 0.463 e. The van der Waals surface area contributed by atoms with Gasteiger partial charge in [0.15, 0.2) is 5.82 Å². The zero-order valence-electron chi connectivity index (χ0n) is 22.8. The smallest absolute Gasteiger partial charge is 0.434 e. The van der Waals surface area contributed by atoms with Crippen LogP contribution in [0, 0.1) is 6.92 Å². The molecule has 1 aromatic carbocycles. The molecule has 0 bridgehead atoms. The lowest BCUT2D eigenvalue weighted by Gasteiger charge is -2.31. The summed E-state index contributed by atoms with van der Waals surface area (Å²) in [6, 6.07) is 5.80. The Balaban J connectivity index is 1.49. The lowest BCUT2D eigenvalue weighted by Crippen LogP contribution is -2.41. The van der Waals surface area contributed by atoms with Crippen LogP contribution in [0.2, 0.25) is 0 Å². The molecule has 0 amide bonds. The maximum absolute atomic E-state index is 16.3. The van der Waals surface area contributed by atoms with Gasteiger partial charge in [-0.05, 0) is 56.0 Å². The summed E-state index contributed by atoms with van der Waals surface area (Å²) in [6.07, 6.45) is -1.64. The summed E-state index contributed by atoms with van der Waals surface area (Å²) in [7, 11) is 1.24. The first-order chi connectivity index (χ1) is 19.5. The molecule has 2 aliphatic rings. The number of halogens is 4. The molecule has 4 heterocycles. The fourth-order valence-corrected chi connectivity index (χ4v) is 5.54. The van der Waals surface area contributed by atoms with E-state index in [9.17, 15) is 18.0 Å². The Hall–Kier alpha value is -3.64. The highest BCUT2D eigenvalue weighted by Crippen LogP contribution is 2.49. The van der Waals surface area contributed by atoms with E-state index in [2.05, 4.69) is 20.1 Å². The second-order valence-electron chi connectivity index (χ2n) is 11.0. The van der Waals surface area contributed by atoms with Gasteiger partial charge in [-0.25, -0.2) is 4.39 Å². The van der Waals surface area contributed by atoms with E-state index in [0.29, 0.717) is 31.6 Å². The third-order valence-corrected chi connectivity index (χ3v) is 7.77. The van der Waals surface area contributed by atoms with Crippen LogP contribution in [0.5, 0.6) is 0 Å². The molecule has 41 heavy (non-hydrogen) atoms. The summed E-state index contributed by atoms with van der Waals surface area (Å²) in [6.45, 7) is 6.57. The molecule has 6 rings (SSSR count).